The average Bonchev–Trinajstić information content (AvgIpc) is 3.30. The maximum atomic E-state index is 13.2. The third-order valence-corrected chi connectivity index (χ3v) is 6.45. The van der Waals surface area contributed by atoms with Crippen LogP contribution in [0.3, 0.4) is 0 Å². The SMILES string of the molecule is Cc1sc2nc(/C(=C\c3ccc(Cl)cc3)C(=O)N3CCCC3)[nH]c(=O)c2c1C. The molecule has 1 aliphatic heterocycles. The Labute approximate surface area is 171 Å². The smallest absolute Gasteiger partial charge is 0.260 e. The lowest BCUT2D eigenvalue weighted by atomic mass is 10.1. The van der Waals surface area contributed by atoms with E-state index in [4.69, 9.17) is 11.6 Å². The molecule has 28 heavy (non-hydrogen) atoms. The molecule has 1 aliphatic rings. The predicted molar refractivity (Wildman–Crippen MR) is 115 cm³/mol. The highest BCUT2D eigenvalue weighted by Crippen LogP contribution is 2.28. The van der Waals surface area contributed by atoms with E-state index in [1.165, 1.54) is 11.3 Å². The Morgan fingerprint density at radius 3 is 2.57 bits per heavy atom. The minimum Gasteiger partial charge on any atom is -0.339 e. The zero-order valence-corrected chi connectivity index (χ0v) is 17.3. The molecule has 1 amide bonds. The molecule has 1 fully saturated rings. The number of hydrogen-bond acceptors (Lipinski definition) is 4. The molecule has 0 saturated carbocycles. The fourth-order valence-electron chi connectivity index (χ4n) is 3.43. The quantitative estimate of drug-likeness (QED) is 0.646. The van der Waals surface area contributed by atoms with Crippen LogP contribution in [0.15, 0.2) is 29.1 Å². The van der Waals surface area contributed by atoms with Crippen molar-refractivity contribution in [1.29, 1.82) is 0 Å². The van der Waals surface area contributed by atoms with Crippen LogP contribution in [0.4, 0.5) is 0 Å². The van der Waals surface area contributed by atoms with E-state index < -0.39 is 0 Å². The number of thiophene rings is 1. The first-order valence-electron chi connectivity index (χ1n) is 9.21. The van der Waals surface area contributed by atoms with Crippen LogP contribution in [0.25, 0.3) is 21.9 Å². The highest BCUT2D eigenvalue weighted by atomic mass is 35.5. The molecule has 144 valence electrons. The summed E-state index contributed by atoms with van der Waals surface area (Å²) in [5.74, 6) is 0.200. The van der Waals surface area contributed by atoms with Crippen LogP contribution in [0.2, 0.25) is 5.02 Å². The maximum Gasteiger partial charge on any atom is 0.260 e. The highest BCUT2D eigenvalue weighted by Gasteiger charge is 2.25. The summed E-state index contributed by atoms with van der Waals surface area (Å²) in [6.07, 6.45) is 3.76. The zero-order valence-electron chi connectivity index (χ0n) is 15.7. The van der Waals surface area contributed by atoms with E-state index in [-0.39, 0.29) is 11.5 Å². The summed E-state index contributed by atoms with van der Waals surface area (Å²) >= 11 is 7.46. The molecule has 0 aliphatic carbocycles. The van der Waals surface area contributed by atoms with Crippen LogP contribution in [-0.4, -0.2) is 33.9 Å². The zero-order chi connectivity index (χ0) is 19.8. The van der Waals surface area contributed by atoms with Gasteiger partial charge in [0.05, 0.1) is 11.0 Å². The number of benzene rings is 1. The van der Waals surface area contributed by atoms with Crippen molar-refractivity contribution in [2.75, 3.05) is 13.1 Å². The van der Waals surface area contributed by atoms with E-state index in [1.807, 2.05) is 30.9 Å². The van der Waals surface area contributed by atoms with Crippen LogP contribution in [0.5, 0.6) is 0 Å². The summed E-state index contributed by atoms with van der Waals surface area (Å²) in [6, 6.07) is 7.23. The minimum atomic E-state index is -0.210. The predicted octanol–water partition coefficient (Wildman–Crippen LogP) is 4.42. The molecule has 4 rings (SSSR count). The molecule has 1 saturated heterocycles. The van der Waals surface area contributed by atoms with Gasteiger partial charge in [0, 0.05) is 23.0 Å². The number of aromatic amines is 1. The molecule has 5 nitrogen and oxygen atoms in total. The number of nitrogens with zero attached hydrogens (tertiary/aromatic N) is 2. The van der Waals surface area contributed by atoms with Gasteiger partial charge < -0.3 is 9.88 Å². The molecule has 1 N–H and O–H groups in total. The Bertz CT molecular complexity index is 1140. The fourth-order valence-corrected chi connectivity index (χ4v) is 4.59. The molecule has 0 spiro atoms. The first-order chi connectivity index (χ1) is 13.4. The molecule has 0 atom stereocenters. The van der Waals surface area contributed by atoms with Gasteiger partial charge in [0.1, 0.15) is 10.7 Å². The standard InChI is InChI=1S/C21H20ClN3O2S/c1-12-13(2)28-20-17(12)19(26)23-18(24-20)16(21(27)25-9-3-4-10-25)11-14-5-7-15(22)8-6-14/h5-8,11H,3-4,9-10H2,1-2H3,(H,23,24,26)/b16-11+. The summed E-state index contributed by atoms with van der Waals surface area (Å²) < 4.78 is 0. The second-order valence-electron chi connectivity index (χ2n) is 6.99. The molecule has 3 heterocycles. The van der Waals surface area contributed by atoms with Crippen molar-refractivity contribution in [1.82, 2.24) is 14.9 Å². The van der Waals surface area contributed by atoms with Crippen LogP contribution in [-0.2, 0) is 4.79 Å². The van der Waals surface area contributed by atoms with Gasteiger partial charge in [-0.1, -0.05) is 23.7 Å². The van der Waals surface area contributed by atoms with Gasteiger partial charge >= 0.3 is 0 Å². The number of aromatic nitrogens is 2. The van der Waals surface area contributed by atoms with Gasteiger partial charge in [-0.25, -0.2) is 4.98 Å². The highest BCUT2D eigenvalue weighted by molar-refractivity contribution is 7.18. The lowest BCUT2D eigenvalue weighted by molar-refractivity contribution is -0.123. The van der Waals surface area contributed by atoms with Gasteiger partial charge in [0.2, 0.25) is 0 Å². The van der Waals surface area contributed by atoms with Gasteiger partial charge in [-0.2, -0.15) is 0 Å². The summed E-state index contributed by atoms with van der Waals surface area (Å²) in [5.41, 5.74) is 1.95. The molecule has 1 aromatic carbocycles. The number of nitrogens with one attached hydrogen (secondary N) is 1. The second kappa shape index (κ2) is 7.53. The molecular formula is C21H20ClN3O2S. The van der Waals surface area contributed by atoms with Gasteiger partial charge in [-0.3, -0.25) is 9.59 Å². The number of rotatable bonds is 3. The first-order valence-corrected chi connectivity index (χ1v) is 10.4. The van der Waals surface area contributed by atoms with E-state index in [9.17, 15) is 9.59 Å². The maximum absolute atomic E-state index is 13.2. The van der Waals surface area contributed by atoms with Gasteiger partial charge in [-0.15, -0.1) is 11.3 Å². The van der Waals surface area contributed by atoms with E-state index in [1.54, 1.807) is 18.2 Å². The third-order valence-electron chi connectivity index (χ3n) is 5.10. The number of likely N-dealkylation sites (tertiary alicyclic amines) is 1. The van der Waals surface area contributed by atoms with Crippen molar-refractivity contribution >= 4 is 50.7 Å². The normalized spacial score (nSPS) is 14.8. The van der Waals surface area contributed by atoms with Crippen LogP contribution in [0.1, 0.15) is 34.7 Å². The average molecular weight is 414 g/mol. The molecule has 0 radical (unpaired) electrons. The molecule has 3 aromatic rings. The Morgan fingerprint density at radius 2 is 1.89 bits per heavy atom. The van der Waals surface area contributed by atoms with Crippen molar-refractivity contribution in [3.8, 4) is 0 Å². The van der Waals surface area contributed by atoms with Crippen molar-refractivity contribution in [2.24, 2.45) is 0 Å². The Morgan fingerprint density at radius 1 is 1.21 bits per heavy atom. The second-order valence-corrected chi connectivity index (χ2v) is 8.63. The van der Waals surface area contributed by atoms with Crippen LogP contribution < -0.4 is 5.56 Å². The monoisotopic (exact) mass is 413 g/mol. The van der Waals surface area contributed by atoms with Crippen molar-refractivity contribution in [3.05, 3.63) is 61.5 Å². The van der Waals surface area contributed by atoms with Gasteiger partial charge in [0.25, 0.3) is 11.5 Å². The lowest BCUT2D eigenvalue weighted by Crippen LogP contribution is -2.29. The summed E-state index contributed by atoms with van der Waals surface area (Å²) in [7, 11) is 0. The summed E-state index contributed by atoms with van der Waals surface area (Å²) in [6.45, 7) is 5.34. The first kappa shape index (κ1) is 18.9. The fraction of sp³-hybridized carbons (Fsp3) is 0.286. The summed E-state index contributed by atoms with van der Waals surface area (Å²) in [5, 5.41) is 1.23. The number of aryl methyl sites for hydroxylation is 2. The number of hydrogen-bond donors (Lipinski definition) is 1. The number of halogens is 1. The Hall–Kier alpha value is -2.44. The molecule has 2 aromatic heterocycles. The van der Waals surface area contributed by atoms with Crippen molar-refractivity contribution in [2.45, 2.75) is 26.7 Å². The number of amides is 1. The molecule has 7 heteroatoms. The molecular weight excluding hydrogens is 394 g/mol. The van der Waals surface area contributed by atoms with E-state index in [2.05, 4.69) is 9.97 Å². The minimum absolute atomic E-state index is 0.111. The van der Waals surface area contributed by atoms with Crippen molar-refractivity contribution < 1.29 is 4.79 Å². The van der Waals surface area contributed by atoms with Crippen LogP contribution >= 0.6 is 22.9 Å². The number of H-pyrrole nitrogens is 1. The van der Waals surface area contributed by atoms with Crippen LogP contribution in [0, 0.1) is 13.8 Å². The van der Waals surface area contributed by atoms with Crippen molar-refractivity contribution in [3.63, 3.8) is 0 Å². The molecule has 0 unspecified atom stereocenters. The number of fused-ring (bicyclic) bond motifs is 1. The largest absolute Gasteiger partial charge is 0.339 e. The molecule has 0 bridgehead atoms. The van der Waals surface area contributed by atoms with E-state index in [0.717, 1.165) is 41.9 Å². The number of carbonyl (C=O) groups excluding carboxylic acids is 1. The van der Waals surface area contributed by atoms with Gasteiger partial charge in [0.15, 0.2) is 0 Å². The number of carbonyl (C=O) groups is 1. The summed E-state index contributed by atoms with van der Waals surface area (Å²) in [4.78, 5) is 36.9. The third kappa shape index (κ3) is 3.50. The van der Waals surface area contributed by atoms with Gasteiger partial charge in [-0.05, 0) is 56.0 Å². The lowest BCUT2D eigenvalue weighted by Gasteiger charge is -2.17. The van der Waals surface area contributed by atoms with E-state index in [0.29, 0.717) is 26.6 Å². The van der Waals surface area contributed by atoms with E-state index >= 15 is 0 Å². The topological polar surface area (TPSA) is 66.1 Å². The Balaban J connectivity index is 1.87. The Kier molecular flexibility index (Phi) is 5.08.